The molecular weight excluding hydrogens is 376 g/mol. The van der Waals surface area contributed by atoms with Crippen LogP contribution in [0.1, 0.15) is 16.1 Å². The molecule has 4 rings (SSSR count). The van der Waals surface area contributed by atoms with Crippen molar-refractivity contribution in [2.75, 3.05) is 36.4 Å². The fraction of sp³-hybridized carbons (Fsp3) is 0.250. The Labute approximate surface area is 168 Å². The third kappa shape index (κ3) is 3.94. The van der Waals surface area contributed by atoms with Crippen LogP contribution in [0.25, 0.3) is 0 Å². The maximum atomic E-state index is 12.9. The van der Waals surface area contributed by atoms with E-state index in [1.807, 2.05) is 17.0 Å². The Morgan fingerprint density at radius 1 is 1.00 bits per heavy atom. The van der Waals surface area contributed by atoms with Gasteiger partial charge in [0.25, 0.3) is 5.91 Å². The van der Waals surface area contributed by atoms with Gasteiger partial charge in [-0.05, 0) is 43.3 Å². The number of benzene rings is 2. The number of aromatic amines is 1. The lowest BCUT2D eigenvalue weighted by Crippen LogP contribution is -2.49. The summed E-state index contributed by atoms with van der Waals surface area (Å²) in [7, 11) is 0. The quantitative estimate of drug-likeness (QED) is 0.706. The maximum Gasteiger partial charge on any atom is 0.278 e. The summed E-state index contributed by atoms with van der Waals surface area (Å²) in [6.07, 6.45) is 0. The highest BCUT2D eigenvalue weighted by Gasteiger charge is 2.26. The number of nitrogens with zero attached hydrogens (tertiary/aromatic N) is 4. The Kier molecular flexibility index (Phi) is 5.16. The summed E-state index contributed by atoms with van der Waals surface area (Å²) < 4.78 is 0. The highest BCUT2D eigenvalue weighted by atomic mass is 35.5. The van der Waals surface area contributed by atoms with Crippen LogP contribution in [0.2, 0.25) is 5.02 Å². The number of H-pyrrole nitrogens is 1. The Morgan fingerprint density at radius 2 is 1.68 bits per heavy atom. The Bertz CT molecular complexity index is 946. The summed E-state index contributed by atoms with van der Waals surface area (Å²) >= 11 is 5.91. The van der Waals surface area contributed by atoms with Crippen molar-refractivity contribution in [3.05, 3.63) is 64.8 Å². The number of amides is 1. The topological polar surface area (TPSA) is 77.2 Å². The average molecular weight is 397 g/mol. The Balaban J connectivity index is 1.41. The first-order valence-corrected chi connectivity index (χ1v) is 9.52. The molecule has 28 heavy (non-hydrogen) atoms. The molecule has 0 bridgehead atoms. The van der Waals surface area contributed by atoms with Gasteiger partial charge in [0, 0.05) is 42.6 Å². The van der Waals surface area contributed by atoms with Gasteiger partial charge in [0.1, 0.15) is 0 Å². The standard InChI is InChI=1S/C20H21ClN6O/c1-14-2-8-17(9-3-14)26-10-12-27(13-11-26)20(28)18-19(24-25-23-18)22-16-6-4-15(21)5-7-16/h2-9H,10-13H2,1H3,(H2,22,23,24,25). The second-order valence-corrected chi connectivity index (χ2v) is 7.20. The number of rotatable bonds is 4. The van der Waals surface area contributed by atoms with Gasteiger partial charge in [0.15, 0.2) is 11.5 Å². The number of aromatic nitrogens is 3. The van der Waals surface area contributed by atoms with Crippen molar-refractivity contribution in [3.63, 3.8) is 0 Å². The monoisotopic (exact) mass is 396 g/mol. The lowest BCUT2D eigenvalue weighted by atomic mass is 10.2. The van der Waals surface area contributed by atoms with Gasteiger partial charge in [0.2, 0.25) is 0 Å². The summed E-state index contributed by atoms with van der Waals surface area (Å²) in [5.41, 5.74) is 3.50. The molecule has 0 aliphatic carbocycles. The molecule has 8 heteroatoms. The van der Waals surface area contributed by atoms with E-state index in [0.717, 1.165) is 18.8 Å². The maximum absolute atomic E-state index is 12.9. The Morgan fingerprint density at radius 3 is 2.36 bits per heavy atom. The van der Waals surface area contributed by atoms with Crippen LogP contribution in [0.3, 0.4) is 0 Å². The van der Waals surface area contributed by atoms with Crippen molar-refractivity contribution in [1.82, 2.24) is 20.3 Å². The van der Waals surface area contributed by atoms with Crippen molar-refractivity contribution in [2.45, 2.75) is 6.92 Å². The molecule has 144 valence electrons. The molecule has 2 heterocycles. The molecule has 0 unspecified atom stereocenters. The first-order valence-electron chi connectivity index (χ1n) is 9.14. The molecule has 1 aliphatic rings. The molecule has 3 aromatic rings. The van der Waals surface area contributed by atoms with Gasteiger partial charge in [-0.1, -0.05) is 29.3 Å². The summed E-state index contributed by atoms with van der Waals surface area (Å²) in [6, 6.07) is 15.7. The molecule has 0 radical (unpaired) electrons. The zero-order valence-corrected chi connectivity index (χ0v) is 16.3. The van der Waals surface area contributed by atoms with Crippen LogP contribution in [0.5, 0.6) is 0 Å². The largest absolute Gasteiger partial charge is 0.368 e. The van der Waals surface area contributed by atoms with Crippen molar-refractivity contribution >= 4 is 34.7 Å². The number of carbonyl (C=O) groups is 1. The molecule has 1 aromatic heterocycles. The molecular formula is C20H21ClN6O. The predicted octanol–water partition coefficient (Wildman–Crippen LogP) is 3.47. The second kappa shape index (κ2) is 7.90. The molecule has 0 atom stereocenters. The molecule has 2 N–H and O–H groups in total. The van der Waals surface area contributed by atoms with E-state index in [0.29, 0.717) is 29.6 Å². The lowest BCUT2D eigenvalue weighted by Gasteiger charge is -2.35. The van der Waals surface area contributed by atoms with E-state index >= 15 is 0 Å². The van der Waals surface area contributed by atoms with Crippen molar-refractivity contribution in [2.24, 2.45) is 0 Å². The summed E-state index contributed by atoms with van der Waals surface area (Å²) in [5, 5.41) is 14.5. The zero-order chi connectivity index (χ0) is 19.5. The molecule has 7 nitrogen and oxygen atoms in total. The van der Waals surface area contributed by atoms with Gasteiger partial charge < -0.3 is 15.1 Å². The lowest BCUT2D eigenvalue weighted by molar-refractivity contribution is 0.0742. The van der Waals surface area contributed by atoms with Gasteiger partial charge in [-0.2, -0.15) is 5.21 Å². The van der Waals surface area contributed by atoms with Crippen LogP contribution in [-0.2, 0) is 0 Å². The van der Waals surface area contributed by atoms with Crippen LogP contribution in [0, 0.1) is 6.92 Å². The minimum atomic E-state index is -0.131. The van der Waals surface area contributed by atoms with Gasteiger partial charge in [0.05, 0.1) is 0 Å². The second-order valence-electron chi connectivity index (χ2n) is 6.77. The summed E-state index contributed by atoms with van der Waals surface area (Å²) in [6.45, 7) is 4.92. The minimum absolute atomic E-state index is 0.131. The van der Waals surface area contributed by atoms with E-state index < -0.39 is 0 Å². The highest BCUT2D eigenvalue weighted by molar-refractivity contribution is 6.30. The third-order valence-corrected chi connectivity index (χ3v) is 5.08. The molecule has 0 spiro atoms. The van der Waals surface area contributed by atoms with Crippen LogP contribution in [0.15, 0.2) is 48.5 Å². The fourth-order valence-corrected chi connectivity index (χ4v) is 3.34. The van der Waals surface area contributed by atoms with Gasteiger partial charge in [-0.3, -0.25) is 4.79 Å². The van der Waals surface area contributed by atoms with Gasteiger partial charge in [-0.25, -0.2) is 0 Å². The smallest absolute Gasteiger partial charge is 0.278 e. The minimum Gasteiger partial charge on any atom is -0.368 e. The number of halogens is 1. The fourth-order valence-electron chi connectivity index (χ4n) is 3.21. The number of piperazine rings is 1. The van der Waals surface area contributed by atoms with E-state index in [1.54, 1.807) is 12.1 Å². The molecule has 2 aromatic carbocycles. The van der Waals surface area contributed by atoms with Crippen molar-refractivity contribution in [3.8, 4) is 0 Å². The summed E-state index contributed by atoms with van der Waals surface area (Å²) in [5.74, 6) is 0.280. The van der Waals surface area contributed by atoms with Crippen LogP contribution >= 0.6 is 11.6 Å². The molecule has 1 saturated heterocycles. The number of aryl methyl sites for hydroxylation is 1. The van der Waals surface area contributed by atoms with E-state index in [1.165, 1.54) is 11.3 Å². The third-order valence-electron chi connectivity index (χ3n) is 4.82. The average Bonchev–Trinajstić information content (AvgIpc) is 3.18. The zero-order valence-electron chi connectivity index (χ0n) is 15.5. The molecule has 1 aliphatic heterocycles. The van der Waals surface area contributed by atoms with E-state index in [-0.39, 0.29) is 5.91 Å². The number of hydrogen-bond donors (Lipinski definition) is 2. The van der Waals surface area contributed by atoms with Crippen LogP contribution < -0.4 is 10.2 Å². The number of carbonyl (C=O) groups excluding carboxylic acids is 1. The van der Waals surface area contributed by atoms with Crippen LogP contribution in [0.4, 0.5) is 17.2 Å². The SMILES string of the molecule is Cc1ccc(N2CCN(C(=O)c3n[nH]nc3Nc3ccc(Cl)cc3)CC2)cc1. The van der Waals surface area contributed by atoms with E-state index in [4.69, 9.17) is 11.6 Å². The molecule has 1 amide bonds. The predicted molar refractivity (Wildman–Crippen MR) is 110 cm³/mol. The van der Waals surface area contributed by atoms with Gasteiger partial charge in [-0.15, -0.1) is 10.2 Å². The first kappa shape index (κ1) is 18.3. The Hall–Kier alpha value is -3.06. The van der Waals surface area contributed by atoms with Crippen molar-refractivity contribution in [1.29, 1.82) is 0 Å². The van der Waals surface area contributed by atoms with Crippen LogP contribution in [-0.4, -0.2) is 52.4 Å². The van der Waals surface area contributed by atoms with E-state index in [2.05, 4.69) is 56.8 Å². The van der Waals surface area contributed by atoms with E-state index in [9.17, 15) is 4.79 Å². The number of anilines is 3. The first-order chi connectivity index (χ1) is 13.6. The number of hydrogen-bond acceptors (Lipinski definition) is 5. The van der Waals surface area contributed by atoms with Crippen molar-refractivity contribution < 1.29 is 4.79 Å². The van der Waals surface area contributed by atoms with Gasteiger partial charge >= 0.3 is 0 Å². The normalized spacial score (nSPS) is 14.2. The number of nitrogens with one attached hydrogen (secondary N) is 2. The molecule has 0 saturated carbocycles. The highest BCUT2D eigenvalue weighted by Crippen LogP contribution is 2.22. The molecule has 1 fully saturated rings. The summed E-state index contributed by atoms with van der Waals surface area (Å²) in [4.78, 5) is 17.0.